The number of hydrogen-bond donors (Lipinski definition) is 1. The lowest BCUT2D eigenvalue weighted by Crippen LogP contribution is -2.22. The summed E-state index contributed by atoms with van der Waals surface area (Å²) in [5, 5.41) is 12.0. The van der Waals surface area contributed by atoms with Gasteiger partial charge >= 0.3 is 0 Å². The smallest absolute Gasteiger partial charge is 0.138 e. The molecule has 1 unspecified atom stereocenters. The normalized spacial score (nSPS) is 13.2. The lowest BCUT2D eigenvalue weighted by molar-refractivity contribution is 0.472. The van der Waals surface area contributed by atoms with Crippen LogP contribution in [0.25, 0.3) is 0 Å². The predicted octanol–water partition coefficient (Wildman–Crippen LogP) is 1.10. The third kappa shape index (κ3) is 2.59. The van der Waals surface area contributed by atoms with Crippen molar-refractivity contribution in [3.05, 3.63) is 30.1 Å². The van der Waals surface area contributed by atoms with Gasteiger partial charge in [0.05, 0.1) is 11.7 Å². The van der Waals surface area contributed by atoms with E-state index in [-0.39, 0.29) is 6.04 Å². The first-order chi connectivity index (χ1) is 8.61. The van der Waals surface area contributed by atoms with Crippen LogP contribution in [-0.4, -0.2) is 31.6 Å². The molecule has 6 heteroatoms. The first kappa shape index (κ1) is 12.8. The molecule has 2 heterocycles. The van der Waals surface area contributed by atoms with Crippen molar-refractivity contribution >= 4 is 0 Å². The first-order valence-electron chi connectivity index (χ1n) is 6.17. The summed E-state index contributed by atoms with van der Waals surface area (Å²) in [6.07, 6.45) is 4.35. The van der Waals surface area contributed by atoms with Crippen LogP contribution in [0, 0.1) is 0 Å². The first-order valence-corrected chi connectivity index (χ1v) is 6.17. The second-order valence-electron chi connectivity index (χ2n) is 4.67. The Morgan fingerprint density at radius 2 is 2.17 bits per heavy atom. The molecule has 0 aliphatic carbocycles. The highest BCUT2D eigenvalue weighted by molar-refractivity contribution is 5.08. The molecular weight excluding hydrogens is 228 g/mol. The summed E-state index contributed by atoms with van der Waals surface area (Å²) < 4.78 is 3.76. The van der Waals surface area contributed by atoms with Gasteiger partial charge in [-0.15, -0.1) is 0 Å². The molecule has 1 atom stereocenters. The van der Waals surface area contributed by atoms with Crippen LogP contribution >= 0.6 is 0 Å². The van der Waals surface area contributed by atoms with Crippen molar-refractivity contribution in [3.8, 4) is 0 Å². The zero-order valence-electron chi connectivity index (χ0n) is 11.3. The maximum atomic E-state index is 4.43. The van der Waals surface area contributed by atoms with Gasteiger partial charge in [-0.3, -0.25) is 4.68 Å². The number of aromatic nitrogens is 5. The van der Waals surface area contributed by atoms with Crippen molar-refractivity contribution < 1.29 is 0 Å². The second kappa shape index (κ2) is 5.30. The summed E-state index contributed by atoms with van der Waals surface area (Å²) in [7, 11) is 3.86. The number of nitrogens with zero attached hydrogens (tertiary/aromatic N) is 5. The quantitative estimate of drug-likeness (QED) is 0.860. The van der Waals surface area contributed by atoms with Crippen molar-refractivity contribution in [1.82, 2.24) is 29.9 Å². The summed E-state index contributed by atoms with van der Waals surface area (Å²) in [6.45, 7) is 4.21. The predicted molar refractivity (Wildman–Crippen MR) is 69.1 cm³/mol. The van der Waals surface area contributed by atoms with Crippen molar-refractivity contribution in [2.24, 2.45) is 7.05 Å². The van der Waals surface area contributed by atoms with Gasteiger partial charge in [0.25, 0.3) is 0 Å². The second-order valence-corrected chi connectivity index (χ2v) is 4.67. The fourth-order valence-electron chi connectivity index (χ4n) is 2.01. The van der Waals surface area contributed by atoms with E-state index in [0.29, 0.717) is 6.04 Å². The highest BCUT2D eigenvalue weighted by Crippen LogP contribution is 2.16. The Labute approximate surface area is 107 Å². The van der Waals surface area contributed by atoms with Crippen molar-refractivity contribution in [2.75, 3.05) is 7.05 Å². The van der Waals surface area contributed by atoms with E-state index in [0.717, 1.165) is 17.9 Å². The Hall–Kier alpha value is -1.69. The van der Waals surface area contributed by atoms with Crippen LogP contribution in [0.1, 0.15) is 37.4 Å². The maximum absolute atomic E-state index is 4.43. The Morgan fingerprint density at radius 1 is 1.39 bits per heavy atom. The van der Waals surface area contributed by atoms with Crippen LogP contribution in [0.5, 0.6) is 0 Å². The lowest BCUT2D eigenvalue weighted by Gasteiger charge is -2.15. The molecule has 98 valence electrons. The average molecular weight is 248 g/mol. The molecule has 0 spiro atoms. The molecule has 0 fully saturated rings. The van der Waals surface area contributed by atoms with E-state index in [2.05, 4.69) is 34.3 Å². The van der Waals surface area contributed by atoms with Crippen LogP contribution in [0.2, 0.25) is 0 Å². The Bertz CT molecular complexity index is 498. The summed E-state index contributed by atoms with van der Waals surface area (Å²) in [5.41, 5.74) is 1.03. The van der Waals surface area contributed by atoms with Gasteiger partial charge in [-0.25, -0.2) is 9.67 Å². The van der Waals surface area contributed by atoms with Gasteiger partial charge in [0, 0.05) is 25.7 Å². The van der Waals surface area contributed by atoms with Gasteiger partial charge < -0.3 is 5.32 Å². The third-order valence-electron chi connectivity index (χ3n) is 2.96. The molecule has 0 bridgehead atoms. The molecule has 0 saturated carbocycles. The van der Waals surface area contributed by atoms with Crippen LogP contribution in [0.3, 0.4) is 0 Å². The minimum Gasteiger partial charge on any atom is -0.311 e. The van der Waals surface area contributed by atoms with E-state index >= 15 is 0 Å². The number of rotatable bonds is 5. The number of likely N-dealkylation sites (N-methyl/N-ethyl adjacent to an activating group) is 1. The molecule has 2 aromatic heterocycles. The molecule has 6 nitrogen and oxygen atoms in total. The number of aryl methyl sites for hydroxylation is 1. The van der Waals surface area contributed by atoms with E-state index in [4.69, 9.17) is 0 Å². The number of hydrogen-bond acceptors (Lipinski definition) is 4. The largest absolute Gasteiger partial charge is 0.311 e. The van der Waals surface area contributed by atoms with Crippen LogP contribution in [0.4, 0.5) is 0 Å². The SMILES string of the molecule is CNC(Cc1ncnn1C(C)C)c1ccn(C)n1. The maximum Gasteiger partial charge on any atom is 0.138 e. The fraction of sp³-hybridized carbons (Fsp3) is 0.583. The zero-order chi connectivity index (χ0) is 13.1. The van der Waals surface area contributed by atoms with Gasteiger partial charge in [0.15, 0.2) is 0 Å². The van der Waals surface area contributed by atoms with Crippen molar-refractivity contribution in [3.63, 3.8) is 0 Å². The van der Waals surface area contributed by atoms with Gasteiger partial charge in [0.1, 0.15) is 12.2 Å². The molecule has 0 radical (unpaired) electrons. The Balaban J connectivity index is 2.18. The van der Waals surface area contributed by atoms with Gasteiger partial charge in [-0.05, 0) is 27.0 Å². The summed E-state index contributed by atoms with van der Waals surface area (Å²) in [4.78, 5) is 4.33. The van der Waals surface area contributed by atoms with E-state index in [1.165, 1.54) is 0 Å². The Morgan fingerprint density at radius 3 is 2.72 bits per heavy atom. The zero-order valence-corrected chi connectivity index (χ0v) is 11.3. The number of nitrogens with one attached hydrogen (secondary N) is 1. The van der Waals surface area contributed by atoms with Gasteiger partial charge in [0.2, 0.25) is 0 Å². The summed E-state index contributed by atoms with van der Waals surface area (Å²) in [6, 6.07) is 2.51. The van der Waals surface area contributed by atoms with E-state index in [9.17, 15) is 0 Å². The summed E-state index contributed by atoms with van der Waals surface area (Å²) >= 11 is 0. The fourth-order valence-corrected chi connectivity index (χ4v) is 2.01. The van der Waals surface area contributed by atoms with Crippen molar-refractivity contribution in [1.29, 1.82) is 0 Å². The molecule has 1 N–H and O–H groups in total. The van der Waals surface area contributed by atoms with Crippen molar-refractivity contribution in [2.45, 2.75) is 32.4 Å². The van der Waals surface area contributed by atoms with Crippen LogP contribution in [0.15, 0.2) is 18.6 Å². The molecule has 0 aliphatic heterocycles. The molecule has 18 heavy (non-hydrogen) atoms. The topological polar surface area (TPSA) is 60.6 Å². The molecular formula is C12H20N6. The van der Waals surface area contributed by atoms with Crippen LogP contribution in [-0.2, 0) is 13.5 Å². The molecule has 0 saturated heterocycles. The van der Waals surface area contributed by atoms with Crippen LogP contribution < -0.4 is 5.32 Å². The third-order valence-corrected chi connectivity index (χ3v) is 2.96. The summed E-state index contributed by atoms with van der Waals surface area (Å²) in [5.74, 6) is 0.981. The highest BCUT2D eigenvalue weighted by Gasteiger charge is 2.17. The standard InChI is InChI=1S/C12H20N6/c1-9(2)18-12(14-8-15-18)7-11(13-3)10-5-6-17(4)16-10/h5-6,8-9,11,13H,7H2,1-4H3. The van der Waals surface area contributed by atoms with Gasteiger partial charge in [-0.2, -0.15) is 10.2 Å². The molecule has 2 rings (SSSR count). The monoisotopic (exact) mass is 248 g/mol. The highest BCUT2D eigenvalue weighted by atomic mass is 15.3. The van der Waals surface area contributed by atoms with E-state index in [1.54, 1.807) is 6.33 Å². The van der Waals surface area contributed by atoms with E-state index in [1.807, 2.05) is 35.7 Å². The minimum atomic E-state index is 0.160. The molecule has 0 amide bonds. The van der Waals surface area contributed by atoms with Gasteiger partial charge in [-0.1, -0.05) is 0 Å². The average Bonchev–Trinajstić information content (AvgIpc) is 2.94. The van der Waals surface area contributed by atoms with E-state index < -0.39 is 0 Å². The molecule has 0 aliphatic rings. The molecule has 2 aromatic rings. The Kier molecular flexibility index (Phi) is 3.76. The molecule has 0 aromatic carbocycles. The minimum absolute atomic E-state index is 0.160. The lowest BCUT2D eigenvalue weighted by atomic mass is 10.1.